The summed E-state index contributed by atoms with van der Waals surface area (Å²) in [6.45, 7) is 8.60. The van der Waals surface area contributed by atoms with Gasteiger partial charge in [0.25, 0.3) is 5.91 Å². The maximum Gasteiger partial charge on any atom is 0.254 e. The van der Waals surface area contributed by atoms with Crippen LogP contribution in [0.15, 0.2) is 24.3 Å². The van der Waals surface area contributed by atoms with Gasteiger partial charge in [-0.15, -0.1) is 0 Å². The van der Waals surface area contributed by atoms with Crippen molar-refractivity contribution in [3.8, 4) is 0 Å². The van der Waals surface area contributed by atoms with E-state index >= 15 is 0 Å². The van der Waals surface area contributed by atoms with Crippen molar-refractivity contribution in [1.29, 1.82) is 0 Å². The van der Waals surface area contributed by atoms with E-state index < -0.39 is 5.41 Å². The van der Waals surface area contributed by atoms with Gasteiger partial charge in [0.2, 0.25) is 5.91 Å². The summed E-state index contributed by atoms with van der Waals surface area (Å²) in [5.74, 6) is 0.0505. The molecule has 2 amide bonds. The molecule has 1 heterocycles. The third-order valence-electron chi connectivity index (χ3n) is 3.63. The Morgan fingerprint density at radius 1 is 1.14 bits per heavy atom. The number of amides is 2. The molecule has 0 unspecified atom stereocenters. The minimum Gasteiger partial charge on any atom is -0.378 e. The SMILES string of the molecule is CC(C)(C)C(=O)NCc1ccc(C(=O)N2CCOCC2)cc1. The molecule has 22 heavy (non-hydrogen) atoms. The van der Waals surface area contributed by atoms with Crippen LogP contribution >= 0.6 is 0 Å². The van der Waals surface area contributed by atoms with Gasteiger partial charge in [0, 0.05) is 30.6 Å². The second-order valence-corrected chi connectivity index (χ2v) is 6.53. The highest BCUT2D eigenvalue weighted by Crippen LogP contribution is 2.14. The predicted octanol–water partition coefficient (Wildman–Crippen LogP) is 1.82. The van der Waals surface area contributed by atoms with Crippen LogP contribution in [0, 0.1) is 5.41 Å². The van der Waals surface area contributed by atoms with Crippen LogP contribution in [-0.4, -0.2) is 43.0 Å². The molecule has 0 atom stereocenters. The lowest BCUT2D eigenvalue weighted by Crippen LogP contribution is -2.40. The first-order valence-electron chi connectivity index (χ1n) is 7.62. The molecule has 1 aliphatic rings. The Bertz CT molecular complexity index is 526. The molecule has 0 radical (unpaired) electrons. The summed E-state index contributed by atoms with van der Waals surface area (Å²) in [6.07, 6.45) is 0. The lowest BCUT2D eigenvalue weighted by Gasteiger charge is -2.26. The van der Waals surface area contributed by atoms with Gasteiger partial charge in [-0.25, -0.2) is 0 Å². The van der Waals surface area contributed by atoms with Crippen LogP contribution in [-0.2, 0) is 16.1 Å². The van der Waals surface area contributed by atoms with Crippen molar-refractivity contribution in [2.45, 2.75) is 27.3 Å². The number of nitrogens with one attached hydrogen (secondary N) is 1. The summed E-state index contributed by atoms with van der Waals surface area (Å²) < 4.78 is 5.25. The Morgan fingerprint density at radius 2 is 1.73 bits per heavy atom. The summed E-state index contributed by atoms with van der Waals surface area (Å²) in [6, 6.07) is 7.40. The Balaban J connectivity index is 1.92. The number of carbonyl (C=O) groups is 2. The number of ether oxygens (including phenoxy) is 1. The summed E-state index contributed by atoms with van der Waals surface area (Å²) in [5, 5.41) is 2.90. The summed E-state index contributed by atoms with van der Waals surface area (Å²) in [4.78, 5) is 26.0. The first-order chi connectivity index (χ1) is 10.4. The van der Waals surface area contributed by atoms with Crippen LogP contribution in [0.3, 0.4) is 0 Å². The largest absolute Gasteiger partial charge is 0.378 e. The average Bonchev–Trinajstić information content (AvgIpc) is 2.52. The molecule has 1 saturated heterocycles. The zero-order valence-electron chi connectivity index (χ0n) is 13.5. The molecule has 5 nitrogen and oxygen atoms in total. The number of morpholine rings is 1. The molecule has 0 bridgehead atoms. The molecule has 0 aromatic heterocycles. The number of hydrogen-bond acceptors (Lipinski definition) is 3. The first-order valence-corrected chi connectivity index (χ1v) is 7.62. The molecule has 0 aliphatic carbocycles. The van der Waals surface area contributed by atoms with Crippen molar-refractivity contribution in [3.05, 3.63) is 35.4 Å². The van der Waals surface area contributed by atoms with Crippen molar-refractivity contribution in [2.75, 3.05) is 26.3 Å². The van der Waals surface area contributed by atoms with Crippen molar-refractivity contribution in [2.24, 2.45) is 5.41 Å². The van der Waals surface area contributed by atoms with E-state index in [0.29, 0.717) is 38.4 Å². The summed E-state index contributed by atoms with van der Waals surface area (Å²) in [7, 11) is 0. The van der Waals surface area contributed by atoms with Crippen molar-refractivity contribution >= 4 is 11.8 Å². The molecule has 0 saturated carbocycles. The van der Waals surface area contributed by atoms with Crippen LogP contribution in [0.25, 0.3) is 0 Å². The van der Waals surface area contributed by atoms with Gasteiger partial charge in [-0.1, -0.05) is 32.9 Å². The molecule has 1 aromatic carbocycles. The van der Waals surface area contributed by atoms with E-state index in [-0.39, 0.29) is 11.8 Å². The van der Waals surface area contributed by atoms with Gasteiger partial charge < -0.3 is 15.0 Å². The number of nitrogens with zero attached hydrogens (tertiary/aromatic N) is 1. The second-order valence-electron chi connectivity index (χ2n) is 6.53. The highest BCUT2D eigenvalue weighted by Gasteiger charge is 2.21. The maximum absolute atomic E-state index is 12.3. The molecule has 2 rings (SSSR count). The van der Waals surface area contributed by atoms with E-state index in [1.54, 1.807) is 4.90 Å². The van der Waals surface area contributed by atoms with Crippen molar-refractivity contribution < 1.29 is 14.3 Å². The third kappa shape index (κ3) is 4.31. The lowest BCUT2D eigenvalue weighted by atomic mass is 9.95. The van der Waals surface area contributed by atoms with Crippen molar-refractivity contribution in [3.63, 3.8) is 0 Å². The average molecular weight is 304 g/mol. The Morgan fingerprint density at radius 3 is 2.27 bits per heavy atom. The van der Waals surface area contributed by atoms with Gasteiger partial charge in [-0.3, -0.25) is 9.59 Å². The monoisotopic (exact) mass is 304 g/mol. The number of rotatable bonds is 3. The third-order valence-corrected chi connectivity index (χ3v) is 3.63. The topological polar surface area (TPSA) is 58.6 Å². The van der Waals surface area contributed by atoms with Crippen LogP contribution in [0.4, 0.5) is 0 Å². The highest BCUT2D eigenvalue weighted by molar-refractivity contribution is 5.94. The van der Waals surface area contributed by atoms with Gasteiger partial charge in [-0.2, -0.15) is 0 Å². The van der Waals surface area contributed by atoms with E-state index in [0.717, 1.165) is 5.56 Å². The number of hydrogen-bond donors (Lipinski definition) is 1. The predicted molar refractivity (Wildman–Crippen MR) is 84.5 cm³/mol. The number of benzene rings is 1. The van der Waals surface area contributed by atoms with Gasteiger partial charge in [0.15, 0.2) is 0 Å². The molecule has 1 fully saturated rings. The van der Waals surface area contributed by atoms with Crippen LogP contribution in [0.2, 0.25) is 0 Å². The fraction of sp³-hybridized carbons (Fsp3) is 0.529. The van der Waals surface area contributed by atoms with E-state index in [1.807, 2.05) is 45.0 Å². The number of carbonyl (C=O) groups excluding carboxylic acids is 2. The van der Waals surface area contributed by atoms with E-state index in [1.165, 1.54) is 0 Å². The van der Waals surface area contributed by atoms with E-state index in [4.69, 9.17) is 4.74 Å². The standard InChI is InChI=1S/C17H24N2O3/c1-17(2,3)16(21)18-12-13-4-6-14(7-5-13)15(20)19-8-10-22-11-9-19/h4-7H,8-12H2,1-3H3,(H,18,21). The second kappa shape index (κ2) is 6.92. The molecular formula is C17H24N2O3. The molecule has 1 aromatic rings. The fourth-order valence-corrected chi connectivity index (χ4v) is 2.16. The Hall–Kier alpha value is -1.88. The summed E-state index contributed by atoms with van der Waals surface area (Å²) >= 11 is 0. The minimum atomic E-state index is -0.397. The first kappa shape index (κ1) is 16.5. The summed E-state index contributed by atoms with van der Waals surface area (Å²) in [5.41, 5.74) is 1.26. The van der Waals surface area contributed by atoms with Gasteiger partial charge in [-0.05, 0) is 17.7 Å². The highest BCUT2D eigenvalue weighted by atomic mass is 16.5. The normalized spacial score (nSPS) is 15.5. The Kier molecular flexibility index (Phi) is 5.19. The molecule has 1 aliphatic heterocycles. The van der Waals surface area contributed by atoms with Gasteiger partial charge in [0.05, 0.1) is 13.2 Å². The zero-order chi connectivity index (χ0) is 16.2. The van der Waals surface area contributed by atoms with Crippen molar-refractivity contribution in [1.82, 2.24) is 10.2 Å². The molecule has 5 heteroatoms. The smallest absolute Gasteiger partial charge is 0.254 e. The maximum atomic E-state index is 12.3. The van der Waals surface area contributed by atoms with E-state index in [9.17, 15) is 9.59 Å². The minimum absolute atomic E-state index is 0.0148. The fourth-order valence-electron chi connectivity index (χ4n) is 2.16. The molecular weight excluding hydrogens is 280 g/mol. The van der Waals surface area contributed by atoms with Gasteiger partial charge >= 0.3 is 0 Å². The van der Waals surface area contributed by atoms with E-state index in [2.05, 4.69) is 5.32 Å². The zero-order valence-corrected chi connectivity index (χ0v) is 13.5. The lowest BCUT2D eigenvalue weighted by molar-refractivity contribution is -0.128. The van der Waals surface area contributed by atoms with Crippen LogP contribution in [0.1, 0.15) is 36.7 Å². The quantitative estimate of drug-likeness (QED) is 0.926. The Labute approximate surface area is 131 Å². The van der Waals surface area contributed by atoms with Crippen LogP contribution < -0.4 is 5.32 Å². The van der Waals surface area contributed by atoms with Gasteiger partial charge in [0.1, 0.15) is 0 Å². The molecule has 120 valence electrons. The van der Waals surface area contributed by atoms with Crippen LogP contribution in [0.5, 0.6) is 0 Å². The molecule has 1 N–H and O–H groups in total. The molecule has 0 spiro atoms.